The molecule has 1 atom stereocenters. The fraction of sp³-hybridized carbons (Fsp3) is 0.286. The maximum absolute atomic E-state index is 12.6. The van der Waals surface area contributed by atoms with E-state index in [-0.39, 0.29) is 11.9 Å². The van der Waals surface area contributed by atoms with E-state index in [4.69, 9.17) is 11.6 Å². The number of amides is 1. The molecule has 138 valence electrons. The number of nitrogens with one attached hydrogen (secondary N) is 1. The summed E-state index contributed by atoms with van der Waals surface area (Å²) in [4.78, 5) is 16.8. The summed E-state index contributed by atoms with van der Waals surface area (Å²) in [6, 6.07) is 11.5. The third-order valence-electron chi connectivity index (χ3n) is 5.02. The zero-order valence-corrected chi connectivity index (χ0v) is 15.9. The summed E-state index contributed by atoms with van der Waals surface area (Å²) in [6.07, 6.45) is 6.38. The SMILES string of the molecule is Cc1ccc(C(=O)NC2CCCc3c2cnn3Cc2ccccc2Cl)cn1. The molecule has 0 saturated carbocycles. The molecular formula is C21H21ClN4O. The highest BCUT2D eigenvalue weighted by molar-refractivity contribution is 6.31. The second kappa shape index (κ2) is 7.53. The Hall–Kier alpha value is -2.66. The number of halogens is 1. The van der Waals surface area contributed by atoms with Gasteiger partial charge in [0.05, 0.1) is 24.3 Å². The number of hydrogen-bond donors (Lipinski definition) is 1. The van der Waals surface area contributed by atoms with Crippen molar-refractivity contribution in [2.75, 3.05) is 0 Å². The smallest absolute Gasteiger partial charge is 0.253 e. The van der Waals surface area contributed by atoms with Gasteiger partial charge < -0.3 is 5.32 Å². The highest BCUT2D eigenvalue weighted by Crippen LogP contribution is 2.30. The average Bonchev–Trinajstić information content (AvgIpc) is 3.08. The Morgan fingerprint density at radius 1 is 1.26 bits per heavy atom. The number of aromatic nitrogens is 3. The van der Waals surface area contributed by atoms with Crippen molar-refractivity contribution in [3.05, 3.63) is 81.9 Å². The minimum Gasteiger partial charge on any atom is -0.345 e. The summed E-state index contributed by atoms with van der Waals surface area (Å²) < 4.78 is 2.00. The monoisotopic (exact) mass is 380 g/mol. The minimum absolute atomic E-state index is 0.0254. The Kier molecular flexibility index (Phi) is 4.94. The van der Waals surface area contributed by atoms with Crippen molar-refractivity contribution in [2.45, 2.75) is 38.8 Å². The Labute approximate surface area is 163 Å². The molecule has 1 unspecified atom stereocenters. The van der Waals surface area contributed by atoms with Gasteiger partial charge in [0, 0.05) is 28.2 Å². The van der Waals surface area contributed by atoms with Crippen molar-refractivity contribution in [1.82, 2.24) is 20.1 Å². The van der Waals surface area contributed by atoms with Crippen molar-refractivity contribution in [3.63, 3.8) is 0 Å². The quantitative estimate of drug-likeness (QED) is 0.741. The lowest BCUT2D eigenvalue weighted by atomic mass is 9.92. The van der Waals surface area contributed by atoms with E-state index in [9.17, 15) is 4.79 Å². The van der Waals surface area contributed by atoms with Gasteiger partial charge in [-0.15, -0.1) is 0 Å². The first-order valence-corrected chi connectivity index (χ1v) is 9.51. The first-order chi connectivity index (χ1) is 13.1. The lowest BCUT2D eigenvalue weighted by Crippen LogP contribution is -2.31. The molecule has 3 aromatic rings. The lowest BCUT2D eigenvalue weighted by Gasteiger charge is -2.24. The van der Waals surface area contributed by atoms with Crippen molar-refractivity contribution in [1.29, 1.82) is 0 Å². The normalized spacial score (nSPS) is 16.0. The van der Waals surface area contributed by atoms with Gasteiger partial charge >= 0.3 is 0 Å². The van der Waals surface area contributed by atoms with Crippen LogP contribution in [0.4, 0.5) is 0 Å². The third-order valence-corrected chi connectivity index (χ3v) is 5.39. The van der Waals surface area contributed by atoms with Crippen LogP contribution < -0.4 is 5.32 Å². The van der Waals surface area contributed by atoms with Gasteiger partial charge in [0.15, 0.2) is 0 Å². The molecule has 2 heterocycles. The van der Waals surface area contributed by atoms with Crippen molar-refractivity contribution in [2.24, 2.45) is 0 Å². The van der Waals surface area contributed by atoms with Crippen LogP contribution in [0.5, 0.6) is 0 Å². The first kappa shape index (κ1) is 17.7. The van der Waals surface area contributed by atoms with E-state index in [1.54, 1.807) is 6.20 Å². The number of carbonyl (C=O) groups is 1. The van der Waals surface area contributed by atoms with Crippen LogP contribution in [0.15, 0.2) is 48.8 Å². The molecule has 0 spiro atoms. The summed E-state index contributed by atoms with van der Waals surface area (Å²) in [6.45, 7) is 2.54. The minimum atomic E-state index is -0.0980. The Morgan fingerprint density at radius 2 is 2.11 bits per heavy atom. The fourth-order valence-corrected chi connectivity index (χ4v) is 3.73. The number of rotatable bonds is 4. The van der Waals surface area contributed by atoms with E-state index in [1.165, 1.54) is 5.69 Å². The van der Waals surface area contributed by atoms with Crippen LogP contribution in [0.2, 0.25) is 5.02 Å². The molecule has 0 bridgehead atoms. The predicted molar refractivity (Wildman–Crippen MR) is 105 cm³/mol. The van der Waals surface area contributed by atoms with Gasteiger partial charge in [-0.25, -0.2) is 0 Å². The Balaban J connectivity index is 1.54. The second-order valence-electron chi connectivity index (χ2n) is 6.90. The summed E-state index contributed by atoms with van der Waals surface area (Å²) in [5.41, 5.74) is 4.79. The molecule has 2 aromatic heterocycles. The number of hydrogen-bond acceptors (Lipinski definition) is 3. The largest absolute Gasteiger partial charge is 0.345 e. The van der Waals surface area contributed by atoms with Gasteiger partial charge in [0.1, 0.15) is 0 Å². The molecule has 5 nitrogen and oxygen atoms in total. The van der Waals surface area contributed by atoms with E-state index in [2.05, 4.69) is 15.4 Å². The zero-order chi connectivity index (χ0) is 18.8. The molecular weight excluding hydrogens is 360 g/mol. The number of nitrogens with zero attached hydrogens (tertiary/aromatic N) is 3. The average molecular weight is 381 g/mol. The molecule has 6 heteroatoms. The number of aryl methyl sites for hydroxylation is 1. The summed E-state index contributed by atoms with van der Waals surface area (Å²) >= 11 is 6.30. The highest BCUT2D eigenvalue weighted by atomic mass is 35.5. The molecule has 1 aliphatic carbocycles. The predicted octanol–water partition coefficient (Wildman–Crippen LogP) is 4.10. The van der Waals surface area contributed by atoms with Crippen molar-refractivity contribution < 1.29 is 4.79 Å². The number of carbonyl (C=O) groups excluding carboxylic acids is 1. The van der Waals surface area contributed by atoms with Crippen LogP contribution in [0.3, 0.4) is 0 Å². The van der Waals surface area contributed by atoms with E-state index >= 15 is 0 Å². The van der Waals surface area contributed by atoms with Crippen LogP contribution in [0.25, 0.3) is 0 Å². The maximum Gasteiger partial charge on any atom is 0.253 e. The summed E-state index contributed by atoms with van der Waals surface area (Å²) in [5.74, 6) is -0.0980. The molecule has 27 heavy (non-hydrogen) atoms. The van der Waals surface area contributed by atoms with E-state index in [0.717, 1.165) is 41.1 Å². The van der Waals surface area contributed by atoms with Gasteiger partial charge in [-0.1, -0.05) is 29.8 Å². The lowest BCUT2D eigenvalue weighted by molar-refractivity contribution is 0.0932. The second-order valence-corrected chi connectivity index (χ2v) is 7.31. The Morgan fingerprint density at radius 3 is 2.89 bits per heavy atom. The van der Waals surface area contributed by atoms with Crippen LogP contribution in [0.1, 0.15) is 51.8 Å². The van der Waals surface area contributed by atoms with Gasteiger partial charge in [0.2, 0.25) is 0 Å². The van der Waals surface area contributed by atoms with Crippen molar-refractivity contribution in [3.8, 4) is 0 Å². The molecule has 4 rings (SSSR count). The van der Waals surface area contributed by atoms with E-state index in [0.29, 0.717) is 12.1 Å². The van der Waals surface area contributed by atoms with Gasteiger partial charge in [0.25, 0.3) is 5.91 Å². The molecule has 0 aliphatic heterocycles. The molecule has 1 N–H and O–H groups in total. The third kappa shape index (κ3) is 3.74. The van der Waals surface area contributed by atoms with Crippen LogP contribution in [-0.2, 0) is 13.0 Å². The molecule has 1 aromatic carbocycles. The van der Waals surface area contributed by atoms with Crippen LogP contribution in [-0.4, -0.2) is 20.7 Å². The van der Waals surface area contributed by atoms with Crippen LogP contribution >= 0.6 is 11.6 Å². The molecule has 0 radical (unpaired) electrons. The number of fused-ring (bicyclic) bond motifs is 1. The topological polar surface area (TPSA) is 59.8 Å². The maximum atomic E-state index is 12.6. The molecule has 1 aliphatic rings. The van der Waals surface area contributed by atoms with E-state index in [1.807, 2.05) is 54.2 Å². The standard InChI is InChI=1S/C21H21ClN4O/c1-14-9-10-15(11-23-14)21(27)25-19-7-4-8-20-17(19)12-24-26(20)13-16-5-2-3-6-18(16)22/h2-3,5-6,9-12,19H,4,7-8,13H2,1H3,(H,25,27). The van der Waals surface area contributed by atoms with E-state index < -0.39 is 0 Å². The molecule has 0 saturated heterocycles. The molecule has 1 amide bonds. The number of pyridine rings is 1. The first-order valence-electron chi connectivity index (χ1n) is 9.13. The van der Waals surface area contributed by atoms with Crippen molar-refractivity contribution >= 4 is 17.5 Å². The summed E-state index contributed by atoms with van der Waals surface area (Å²) in [5, 5.41) is 8.46. The number of benzene rings is 1. The zero-order valence-electron chi connectivity index (χ0n) is 15.2. The van der Waals surface area contributed by atoms with Gasteiger partial charge in [-0.2, -0.15) is 5.10 Å². The summed E-state index contributed by atoms with van der Waals surface area (Å²) in [7, 11) is 0. The Bertz CT molecular complexity index is 965. The highest BCUT2D eigenvalue weighted by Gasteiger charge is 2.26. The van der Waals surface area contributed by atoms with Gasteiger partial charge in [-0.05, 0) is 49.9 Å². The fourth-order valence-electron chi connectivity index (χ4n) is 3.54. The van der Waals surface area contributed by atoms with Crippen LogP contribution in [0, 0.1) is 6.92 Å². The molecule has 0 fully saturated rings. The van der Waals surface area contributed by atoms with Gasteiger partial charge in [-0.3, -0.25) is 14.5 Å².